The summed E-state index contributed by atoms with van der Waals surface area (Å²) in [6, 6.07) is 0. The second-order valence-electron chi connectivity index (χ2n) is 3.34. The minimum atomic E-state index is 0.918. The van der Waals surface area contributed by atoms with Crippen LogP contribution in [-0.4, -0.2) is 11.5 Å². The summed E-state index contributed by atoms with van der Waals surface area (Å²) in [7, 11) is 0. The molecule has 0 aliphatic heterocycles. The van der Waals surface area contributed by atoms with Crippen molar-refractivity contribution in [2.45, 2.75) is 37.4 Å². The Balaban J connectivity index is 2.37. The van der Waals surface area contributed by atoms with Gasteiger partial charge in [-0.05, 0) is 31.4 Å². The summed E-state index contributed by atoms with van der Waals surface area (Å²) >= 11 is 2.05. The van der Waals surface area contributed by atoms with Crippen molar-refractivity contribution in [2.24, 2.45) is 5.92 Å². The highest BCUT2D eigenvalue weighted by Crippen LogP contribution is 2.34. The number of rotatable bonds is 3. The molecule has 0 spiro atoms. The van der Waals surface area contributed by atoms with Crippen LogP contribution in [0.5, 0.6) is 0 Å². The van der Waals surface area contributed by atoms with E-state index in [1.54, 1.807) is 0 Å². The first-order valence-corrected chi connectivity index (χ1v) is 5.81. The van der Waals surface area contributed by atoms with E-state index < -0.39 is 0 Å². The lowest BCUT2D eigenvalue weighted by atomic mass is 9.86. The summed E-state index contributed by atoms with van der Waals surface area (Å²) in [5.74, 6) is 0.927. The predicted octanol–water partition coefficient (Wildman–Crippen LogP) is 3.48. The Morgan fingerprint density at radius 2 is 2.18 bits per heavy atom. The van der Waals surface area contributed by atoms with Gasteiger partial charge in [0.1, 0.15) is 0 Å². The first-order valence-electron chi connectivity index (χ1n) is 4.52. The van der Waals surface area contributed by atoms with E-state index in [0.29, 0.717) is 0 Å². The quantitative estimate of drug-likeness (QED) is 0.584. The molecule has 0 aromatic rings. The lowest BCUT2D eigenvalue weighted by Gasteiger charge is -2.29. The third-order valence-corrected chi connectivity index (χ3v) is 3.84. The molecule has 0 saturated heterocycles. The summed E-state index contributed by atoms with van der Waals surface area (Å²) in [5.41, 5.74) is 0. The molecule has 0 aromatic carbocycles. The molecule has 2 atom stereocenters. The van der Waals surface area contributed by atoms with Gasteiger partial charge in [0.2, 0.25) is 0 Å². The molecule has 0 nitrogen and oxygen atoms in total. The summed E-state index contributed by atoms with van der Waals surface area (Å²) < 4.78 is 0. The first-order chi connectivity index (χ1) is 5.38. The highest BCUT2D eigenvalue weighted by Gasteiger charge is 2.22. The Morgan fingerprint density at radius 3 is 2.82 bits per heavy atom. The van der Waals surface area contributed by atoms with Crippen LogP contribution in [0.2, 0.25) is 0 Å². The molecular formula is C10H18S. The monoisotopic (exact) mass is 170 g/mol. The van der Waals surface area contributed by atoms with Gasteiger partial charge in [-0.15, -0.1) is 6.58 Å². The highest BCUT2D eigenvalue weighted by atomic mass is 32.2. The van der Waals surface area contributed by atoms with E-state index in [1.807, 2.05) is 11.8 Å². The van der Waals surface area contributed by atoms with Crippen LogP contribution in [0.25, 0.3) is 0 Å². The molecule has 0 N–H and O–H groups in total. The van der Waals surface area contributed by atoms with Gasteiger partial charge in [0.15, 0.2) is 0 Å². The van der Waals surface area contributed by atoms with Gasteiger partial charge < -0.3 is 0 Å². The minimum Gasteiger partial charge on any atom is -0.162 e. The molecule has 0 aromatic heterocycles. The van der Waals surface area contributed by atoms with Crippen molar-refractivity contribution in [1.82, 2.24) is 0 Å². The molecule has 2 unspecified atom stereocenters. The fraction of sp³-hybridized carbons (Fsp3) is 0.800. The van der Waals surface area contributed by atoms with E-state index in [4.69, 9.17) is 0 Å². The molecule has 0 bridgehead atoms. The van der Waals surface area contributed by atoms with Crippen molar-refractivity contribution in [1.29, 1.82) is 0 Å². The van der Waals surface area contributed by atoms with E-state index >= 15 is 0 Å². The van der Waals surface area contributed by atoms with E-state index in [2.05, 4.69) is 18.9 Å². The van der Waals surface area contributed by atoms with Crippen molar-refractivity contribution in [3.05, 3.63) is 12.7 Å². The fourth-order valence-electron chi connectivity index (χ4n) is 1.97. The predicted molar refractivity (Wildman–Crippen MR) is 54.1 cm³/mol. The Hall–Kier alpha value is 0.0900. The topological polar surface area (TPSA) is 0 Å². The number of allylic oxidation sites excluding steroid dienone is 1. The van der Waals surface area contributed by atoms with E-state index in [9.17, 15) is 0 Å². The van der Waals surface area contributed by atoms with Gasteiger partial charge in [0.25, 0.3) is 0 Å². The molecule has 1 rings (SSSR count). The van der Waals surface area contributed by atoms with Gasteiger partial charge >= 0.3 is 0 Å². The van der Waals surface area contributed by atoms with E-state index in [-0.39, 0.29) is 0 Å². The van der Waals surface area contributed by atoms with Gasteiger partial charge in [0, 0.05) is 5.25 Å². The second kappa shape index (κ2) is 4.87. The zero-order chi connectivity index (χ0) is 8.10. The highest BCUT2D eigenvalue weighted by molar-refractivity contribution is 7.99. The third kappa shape index (κ3) is 2.55. The third-order valence-electron chi connectivity index (χ3n) is 2.61. The SMILES string of the molecule is C=CCC1CCCCC1SC. The maximum Gasteiger partial charge on any atom is 0.00755 e. The first kappa shape index (κ1) is 9.18. The van der Waals surface area contributed by atoms with Gasteiger partial charge in [-0.3, -0.25) is 0 Å². The van der Waals surface area contributed by atoms with E-state index in [1.165, 1.54) is 32.1 Å². The van der Waals surface area contributed by atoms with E-state index in [0.717, 1.165) is 11.2 Å². The minimum absolute atomic E-state index is 0.918. The normalized spacial score (nSPS) is 31.7. The maximum atomic E-state index is 3.81. The average molecular weight is 170 g/mol. The number of thioether (sulfide) groups is 1. The fourth-order valence-corrected chi connectivity index (χ4v) is 3.00. The zero-order valence-corrected chi connectivity index (χ0v) is 8.20. The Labute approximate surface area is 74.5 Å². The van der Waals surface area contributed by atoms with Crippen molar-refractivity contribution < 1.29 is 0 Å². The van der Waals surface area contributed by atoms with Crippen LogP contribution in [0.3, 0.4) is 0 Å². The van der Waals surface area contributed by atoms with Crippen molar-refractivity contribution >= 4 is 11.8 Å². The van der Waals surface area contributed by atoms with Crippen molar-refractivity contribution in [3.63, 3.8) is 0 Å². The molecule has 1 heteroatoms. The average Bonchev–Trinajstić information content (AvgIpc) is 2.06. The van der Waals surface area contributed by atoms with Crippen LogP contribution in [0.15, 0.2) is 12.7 Å². The molecule has 64 valence electrons. The smallest absolute Gasteiger partial charge is 0.00755 e. The summed E-state index contributed by atoms with van der Waals surface area (Å²) in [5, 5.41) is 0.918. The molecule has 1 aliphatic rings. The van der Waals surface area contributed by atoms with Gasteiger partial charge in [-0.25, -0.2) is 0 Å². The zero-order valence-electron chi connectivity index (χ0n) is 7.38. The lowest BCUT2D eigenvalue weighted by Crippen LogP contribution is -2.20. The summed E-state index contributed by atoms with van der Waals surface area (Å²) in [4.78, 5) is 0. The van der Waals surface area contributed by atoms with Gasteiger partial charge in [-0.1, -0.05) is 18.9 Å². The molecule has 0 radical (unpaired) electrons. The second-order valence-corrected chi connectivity index (χ2v) is 4.42. The van der Waals surface area contributed by atoms with Gasteiger partial charge in [0.05, 0.1) is 0 Å². The molecule has 1 fully saturated rings. The Kier molecular flexibility index (Phi) is 4.06. The van der Waals surface area contributed by atoms with Crippen LogP contribution in [0, 0.1) is 5.92 Å². The van der Waals surface area contributed by atoms with Crippen LogP contribution < -0.4 is 0 Å². The van der Waals surface area contributed by atoms with Crippen LogP contribution >= 0.6 is 11.8 Å². The lowest BCUT2D eigenvalue weighted by molar-refractivity contribution is 0.374. The molecule has 0 amide bonds. The van der Waals surface area contributed by atoms with Crippen molar-refractivity contribution in [3.8, 4) is 0 Å². The largest absolute Gasteiger partial charge is 0.162 e. The Bertz CT molecular complexity index is 120. The molecule has 1 saturated carbocycles. The summed E-state index contributed by atoms with van der Waals surface area (Å²) in [6.07, 6.45) is 11.3. The number of hydrogen-bond donors (Lipinski definition) is 0. The Morgan fingerprint density at radius 1 is 1.45 bits per heavy atom. The number of hydrogen-bond acceptors (Lipinski definition) is 1. The molecule has 1 aliphatic carbocycles. The summed E-state index contributed by atoms with van der Waals surface area (Å²) in [6.45, 7) is 3.81. The van der Waals surface area contributed by atoms with Crippen LogP contribution in [0.1, 0.15) is 32.1 Å². The molecule has 11 heavy (non-hydrogen) atoms. The molecule has 0 heterocycles. The maximum absolute atomic E-state index is 3.81. The standard InChI is InChI=1S/C10H18S/c1-3-6-9-7-4-5-8-10(9)11-2/h3,9-10H,1,4-8H2,2H3. The van der Waals surface area contributed by atoms with Crippen LogP contribution in [-0.2, 0) is 0 Å². The van der Waals surface area contributed by atoms with Crippen molar-refractivity contribution in [2.75, 3.05) is 6.26 Å². The van der Waals surface area contributed by atoms with Gasteiger partial charge in [-0.2, -0.15) is 11.8 Å². The van der Waals surface area contributed by atoms with Crippen LogP contribution in [0.4, 0.5) is 0 Å². The molecular weight excluding hydrogens is 152 g/mol.